The number of carbonyl (C=O) groups excluding carboxylic acids is 1. The van der Waals surface area contributed by atoms with Crippen LogP contribution in [0.2, 0.25) is 0 Å². The number of amides is 1. The van der Waals surface area contributed by atoms with Gasteiger partial charge in [0.05, 0.1) is 0 Å². The standard InChI is InChI=1S/C20H38N4O2.HI/c1-3-21-20(22-13-8-9-15-26-4-2)23-18-12-14-24(16-18)19(25)17-10-6-5-7-11-17;/h17-18H,3-16H2,1-2H3,(H2,21,22,23);1H. The van der Waals surface area contributed by atoms with Gasteiger partial charge in [0.25, 0.3) is 0 Å². The molecule has 27 heavy (non-hydrogen) atoms. The summed E-state index contributed by atoms with van der Waals surface area (Å²) in [6.07, 6.45) is 8.98. The van der Waals surface area contributed by atoms with Crippen LogP contribution in [0.25, 0.3) is 0 Å². The van der Waals surface area contributed by atoms with Gasteiger partial charge in [-0.15, -0.1) is 24.0 Å². The van der Waals surface area contributed by atoms with E-state index < -0.39 is 0 Å². The molecule has 0 radical (unpaired) electrons. The lowest BCUT2D eigenvalue weighted by Crippen LogP contribution is -2.45. The zero-order valence-corrected chi connectivity index (χ0v) is 19.5. The third kappa shape index (κ3) is 8.98. The van der Waals surface area contributed by atoms with Gasteiger partial charge >= 0.3 is 0 Å². The molecule has 1 atom stereocenters. The molecule has 1 heterocycles. The summed E-state index contributed by atoms with van der Waals surface area (Å²) < 4.78 is 5.36. The highest BCUT2D eigenvalue weighted by Gasteiger charge is 2.31. The minimum absolute atomic E-state index is 0. The van der Waals surface area contributed by atoms with E-state index >= 15 is 0 Å². The molecule has 6 nitrogen and oxygen atoms in total. The normalized spacial score (nSPS) is 21.0. The molecule has 1 saturated carbocycles. The topological polar surface area (TPSA) is 66.0 Å². The number of likely N-dealkylation sites (tertiary alicyclic amines) is 1. The van der Waals surface area contributed by atoms with E-state index in [1.54, 1.807) is 0 Å². The maximum absolute atomic E-state index is 12.7. The van der Waals surface area contributed by atoms with Gasteiger partial charge in [-0.1, -0.05) is 19.3 Å². The molecule has 0 spiro atoms. The fraction of sp³-hybridized carbons (Fsp3) is 0.900. The Balaban J connectivity index is 0.00000364. The first-order valence-electron chi connectivity index (χ1n) is 10.7. The van der Waals surface area contributed by atoms with Crippen molar-refractivity contribution < 1.29 is 9.53 Å². The smallest absolute Gasteiger partial charge is 0.225 e. The summed E-state index contributed by atoms with van der Waals surface area (Å²) in [5, 5.41) is 6.84. The predicted molar refractivity (Wildman–Crippen MR) is 122 cm³/mol. The van der Waals surface area contributed by atoms with Gasteiger partial charge in [-0.25, -0.2) is 0 Å². The van der Waals surface area contributed by atoms with Gasteiger partial charge in [0.15, 0.2) is 5.96 Å². The number of guanidine groups is 1. The molecule has 2 N–H and O–H groups in total. The number of halogens is 1. The zero-order chi connectivity index (χ0) is 18.6. The van der Waals surface area contributed by atoms with E-state index in [-0.39, 0.29) is 29.9 Å². The molecule has 2 rings (SSSR count). The summed E-state index contributed by atoms with van der Waals surface area (Å²) in [6, 6.07) is 0.309. The van der Waals surface area contributed by atoms with Crippen LogP contribution < -0.4 is 10.6 Å². The molecule has 0 aromatic carbocycles. The maximum Gasteiger partial charge on any atom is 0.225 e. The van der Waals surface area contributed by atoms with Crippen LogP contribution >= 0.6 is 24.0 Å². The Labute approximate surface area is 182 Å². The maximum atomic E-state index is 12.7. The van der Waals surface area contributed by atoms with Gasteiger partial charge < -0.3 is 20.3 Å². The molecule has 2 fully saturated rings. The van der Waals surface area contributed by atoms with Crippen LogP contribution in [0.15, 0.2) is 4.99 Å². The summed E-state index contributed by atoms with van der Waals surface area (Å²) in [5.74, 6) is 1.53. The van der Waals surface area contributed by atoms with Crippen molar-refractivity contribution in [1.29, 1.82) is 0 Å². The molecule has 0 aromatic rings. The molecule has 1 unspecified atom stereocenters. The van der Waals surface area contributed by atoms with Crippen molar-refractivity contribution in [2.75, 3.05) is 39.4 Å². The first-order valence-corrected chi connectivity index (χ1v) is 10.7. The molecule has 1 amide bonds. The van der Waals surface area contributed by atoms with E-state index in [4.69, 9.17) is 4.74 Å². The Bertz CT molecular complexity index is 442. The second-order valence-corrected chi connectivity index (χ2v) is 7.41. The molecular weight excluding hydrogens is 455 g/mol. The van der Waals surface area contributed by atoms with Crippen LogP contribution in [0, 0.1) is 5.92 Å². The largest absolute Gasteiger partial charge is 0.382 e. The van der Waals surface area contributed by atoms with Crippen LogP contribution in [0.3, 0.4) is 0 Å². The molecule has 1 aliphatic heterocycles. The average Bonchev–Trinajstić information content (AvgIpc) is 3.13. The van der Waals surface area contributed by atoms with Gasteiger partial charge in [-0.3, -0.25) is 9.79 Å². The van der Waals surface area contributed by atoms with Crippen LogP contribution in [0.5, 0.6) is 0 Å². The molecule has 1 saturated heterocycles. The number of nitrogens with zero attached hydrogens (tertiary/aromatic N) is 2. The lowest BCUT2D eigenvalue weighted by atomic mass is 9.88. The predicted octanol–water partition coefficient (Wildman–Crippen LogP) is 3.16. The summed E-state index contributed by atoms with van der Waals surface area (Å²) in [7, 11) is 0. The van der Waals surface area contributed by atoms with Crippen molar-refractivity contribution in [3.05, 3.63) is 0 Å². The molecular formula is C20H39IN4O2. The van der Waals surface area contributed by atoms with E-state index in [1.807, 2.05) is 6.92 Å². The first-order chi connectivity index (χ1) is 12.7. The van der Waals surface area contributed by atoms with E-state index in [1.165, 1.54) is 19.3 Å². The van der Waals surface area contributed by atoms with E-state index in [0.717, 1.165) is 77.5 Å². The summed E-state index contributed by atoms with van der Waals surface area (Å²) >= 11 is 0. The van der Waals surface area contributed by atoms with Crippen molar-refractivity contribution in [1.82, 2.24) is 15.5 Å². The number of ether oxygens (including phenoxy) is 1. The van der Waals surface area contributed by atoms with Crippen molar-refractivity contribution in [2.24, 2.45) is 10.9 Å². The third-order valence-electron chi connectivity index (χ3n) is 5.31. The fourth-order valence-corrected chi connectivity index (χ4v) is 3.85. The van der Waals surface area contributed by atoms with Crippen molar-refractivity contribution in [2.45, 2.75) is 71.3 Å². The van der Waals surface area contributed by atoms with Crippen LogP contribution in [0.1, 0.15) is 65.2 Å². The first kappa shape index (κ1) is 24.5. The Kier molecular flexibility index (Phi) is 13.1. The Hall–Kier alpha value is -0.570. The SMILES string of the molecule is CCNC(=NCCCCOCC)NC1CCN(C(=O)C2CCCCC2)C1.I. The second-order valence-electron chi connectivity index (χ2n) is 7.41. The lowest BCUT2D eigenvalue weighted by Gasteiger charge is -2.26. The Morgan fingerprint density at radius 3 is 2.63 bits per heavy atom. The number of rotatable bonds is 9. The molecule has 0 bridgehead atoms. The number of hydrogen-bond donors (Lipinski definition) is 2. The van der Waals surface area contributed by atoms with E-state index in [0.29, 0.717) is 11.9 Å². The van der Waals surface area contributed by atoms with E-state index in [9.17, 15) is 4.79 Å². The monoisotopic (exact) mass is 494 g/mol. The summed E-state index contributed by atoms with van der Waals surface area (Å²) in [6.45, 7) is 9.05. The number of carbonyl (C=O) groups is 1. The van der Waals surface area contributed by atoms with Crippen LogP contribution in [-0.4, -0.2) is 62.2 Å². The summed E-state index contributed by atoms with van der Waals surface area (Å²) in [5.41, 5.74) is 0. The number of hydrogen-bond acceptors (Lipinski definition) is 3. The molecule has 7 heteroatoms. The molecule has 1 aliphatic carbocycles. The van der Waals surface area contributed by atoms with Crippen molar-refractivity contribution >= 4 is 35.8 Å². The number of nitrogens with one attached hydrogen (secondary N) is 2. The van der Waals surface area contributed by atoms with Gasteiger partial charge in [-0.2, -0.15) is 0 Å². The quantitative estimate of drug-likeness (QED) is 0.224. The molecule has 2 aliphatic rings. The third-order valence-corrected chi connectivity index (χ3v) is 5.31. The van der Waals surface area contributed by atoms with Crippen molar-refractivity contribution in [3.8, 4) is 0 Å². The second kappa shape index (κ2) is 14.4. The van der Waals surface area contributed by atoms with Gasteiger partial charge in [-0.05, 0) is 46.0 Å². The minimum Gasteiger partial charge on any atom is -0.382 e. The van der Waals surface area contributed by atoms with E-state index in [2.05, 4.69) is 27.4 Å². The number of aliphatic imine (C=N–C) groups is 1. The lowest BCUT2D eigenvalue weighted by molar-refractivity contribution is -0.135. The summed E-state index contributed by atoms with van der Waals surface area (Å²) in [4.78, 5) is 19.4. The fourth-order valence-electron chi connectivity index (χ4n) is 3.85. The zero-order valence-electron chi connectivity index (χ0n) is 17.2. The van der Waals surface area contributed by atoms with Gasteiger partial charge in [0.2, 0.25) is 5.91 Å². The highest BCUT2D eigenvalue weighted by Crippen LogP contribution is 2.26. The highest BCUT2D eigenvalue weighted by atomic mass is 127. The molecule has 0 aromatic heterocycles. The van der Waals surface area contributed by atoms with Gasteiger partial charge in [0.1, 0.15) is 0 Å². The minimum atomic E-state index is 0. The molecule has 158 valence electrons. The highest BCUT2D eigenvalue weighted by molar-refractivity contribution is 14.0. The van der Waals surface area contributed by atoms with Crippen LogP contribution in [0.4, 0.5) is 0 Å². The Morgan fingerprint density at radius 2 is 1.93 bits per heavy atom. The van der Waals surface area contributed by atoms with Crippen LogP contribution in [-0.2, 0) is 9.53 Å². The average molecular weight is 494 g/mol. The Morgan fingerprint density at radius 1 is 1.15 bits per heavy atom. The van der Waals surface area contributed by atoms with Crippen molar-refractivity contribution in [3.63, 3.8) is 0 Å². The number of unbranched alkanes of at least 4 members (excludes halogenated alkanes) is 1. The van der Waals surface area contributed by atoms with Gasteiger partial charge in [0, 0.05) is 51.4 Å².